The van der Waals surface area contributed by atoms with E-state index in [9.17, 15) is 4.79 Å². The Morgan fingerprint density at radius 2 is 1.72 bits per heavy atom. The fraction of sp³-hybridized carbons (Fsp3) is 0.444. The van der Waals surface area contributed by atoms with Crippen molar-refractivity contribution >= 4 is 30.0 Å². The van der Waals surface area contributed by atoms with Gasteiger partial charge in [-0.3, -0.25) is 19.6 Å². The lowest BCUT2D eigenvalue weighted by molar-refractivity contribution is 0.128. The van der Waals surface area contributed by atoms with Gasteiger partial charge in [0.1, 0.15) is 11.5 Å². The maximum absolute atomic E-state index is 15.2. The molecule has 1 fully saturated rings. The third-order valence-electron chi connectivity index (χ3n) is 7.14. The van der Waals surface area contributed by atoms with Crippen molar-refractivity contribution in [2.75, 3.05) is 65.4 Å². The SMILES string of the molecule is C=Nc1[nH]c(CN2CCN(CCC#N)CC2)cc1C1=C(C)CN(c2c(F)c(OC)cc(OC)c2F)C(=O)N1C. The number of carbonyl (C=O) groups is 1. The van der Waals surface area contributed by atoms with Crippen LogP contribution >= 0.6 is 0 Å². The van der Waals surface area contributed by atoms with Crippen LogP contribution in [0.5, 0.6) is 11.5 Å². The Labute approximate surface area is 226 Å². The number of aliphatic imine (C=N–C) groups is 1. The lowest BCUT2D eigenvalue weighted by atomic mass is 10.0. The summed E-state index contributed by atoms with van der Waals surface area (Å²) in [7, 11) is 4.07. The Hall–Kier alpha value is -3.95. The maximum Gasteiger partial charge on any atom is 0.329 e. The summed E-state index contributed by atoms with van der Waals surface area (Å²) in [5, 5.41) is 8.82. The standard InChI is InChI=1S/C27H33F2N7O3/c1-17-15-36(25-22(28)20(38-4)14-21(39-5)23(25)29)27(37)33(3)24(17)19-13-18(32-26(19)31-2)16-35-11-9-34(10-12-35)8-6-7-30/h13-14,32H,2,6,8-12,15-16H2,1,3-5H3. The summed E-state index contributed by atoms with van der Waals surface area (Å²) < 4.78 is 40.5. The third-order valence-corrected chi connectivity index (χ3v) is 7.14. The van der Waals surface area contributed by atoms with Gasteiger partial charge in [-0.2, -0.15) is 5.26 Å². The molecule has 2 amide bonds. The minimum Gasteiger partial charge on any atom is -0.493 e. The van der Waals surface area contributed by atoms with Gasteiger partial charge in [0.2, 0.25) is 0 Å². The molecule has 1 aromatic heterocycles. The number of urea groups is 1. The van der Waals surface area contributed by atoms with Crippen LogP contribution in [-0.2, 0) is 6.54 Å². The van der Waals surface area contributed by atoms with Gasteiger partial charge in [-0.15, -0.1) is 0 Å². The number of ether oxygens (including phenoxy) is 2. The number of aromatic amines is 1. The summed E-state index contributed by atoms with van der Waals surface area (Å²) in [5.41, 5.74) is 2.37. The van der Waals surface area contributed by atoms with Gasteiger partial charge in [-0.25, -0.2) is 18.6 Å². The lowest BCUT2D eigenvalue weighted by Crippen LogP contribution is -2.46. The third kappa shape index (κ3) is 5.46. The molecule has 0 aliphatic carbocycles. The second kappa shape index (κ2) is 11.8. The zero-order valence-electron chi connectivity index (χ0n) is 22.7. The van der Waals surface area contributed by atoms with Crippen LogP contribution in [0.3, 0.4) is 0 Å². The number of methoxy groups -OCH3 is 2. The summed E-state index contributed by atoms with van der Waals surface area (Å²) in [6.07, 6.45) is 0.525. The highest BCUT2D eigenvalue weighted by molar-refractivity contribution is 6.02. The monoisotopic (exact) mass is 541 g/mol. The zero-order chi connectivity index (χ0) is 28.3. The minimum absolute atomic E-state index is 0.0512. The highest BCUT2D eigenvalue weighted by atomic mass is 19.1. The number of H-pyrrole nitrogens is 1. The second-order valence-electron chi connectivity index (χ2n) is 9.56. The van der Waals surface area contributed by atoms with Crippen LogP contribution in [0.15, 0.2) is 22.7 Å². The molecule has 10 nitrogen and oxygen atoms in total. The van der Waals surface area contributed by atoms with E-state index < -0.39 is 23.4 Å². The lowest BCUT2D eigenvalue weighted by Gasteiger charge is -2.36. The first-order chi connectivity index (χ1) is 18.7. The number of carbonyl (C=O) groups excluding carboxylic acids is 1. The zero-order valence-corrected chi connectivity index (χ0v) is 22.7. The van der Waals surface area contributed by atoms with Gasteiger partial charge in [0.15, 0.2) is 23.1 Å². The second-order valence-corrected chi connectivity index (χ2v) is 9.56. The number of aromatic nitrogens is 1. The Morgan fingerprint density at radius 1 is 1.10 bits per heavy atom. The Balaban J connectivity index is 1.61. The molecule has 1 aromatic carbocycles. The van der Waals surface area contributed by atoms with Crippen LogP contribution in [0.4, 0.5) is 25.1 Å². The molecule has 4 rings (SSSR count). The van der Waals surface area contributed by atoms with Gasteiger partial charge < -0.3 is 14.5 Å². The number of nitriles is 1. The van der Waals surface area contributed by atoms with Crippen LogP contribution in [0.1, 0.15) is 24.6 Å². The number of rotatable bonds is 9. The van der Waals surface area contributed by atoms with E-state index in [0.29, 0.717) is 35.6 Å². The molecule has 0 atom stereocenters. The number of benzene rings is 1. The fourth-order valence-electron chi connectivity index (χ4n) is 5.15. The van der Waals surface area contributed by atoms with Gasteiger partial charge in [0.05, 0.1) is 32.5 Å². The first kappa shape index (κ1) is 28.1. The van der Waals surface area contributed by atoms with Crippen LogP contribution in [0, 0.1) is 23.0 Å². The van der Waals surface area contributed by atoms with Gasteiger partial charge in [0, 0.05) is 70.1 Å². The van der Waals surface area contributed by atoms with Crippen molar-refractivity contribution in [3.63, 3.8) is 0 Å². The topological polar surface area (TPSA) is 100 Å². The van der Waals surface area contributed by atoms with Gasteiger partial charge in [-0.05, 0) is 25.3 Å². The van der Waals surface area contributed by atoms with Crippen LogP contribution < -0.4 is 14.4 Å². The smallest absolute Gasteiger partial charge is 0.329 e. The molecule has 2 aromatic rings. The molecule has 2 aliphatic heterocycles. The van der Waals surface area contributed by atoms with E-state index in [1.54, 1.807) is 14.0 Å². The molecule has 0 radical (unpaired) electrons. The van der Waals surface area contributed by atoms with Crippen molar-refractivity contribution in [3.05, 3.63) is 40.6 Å². The summed E-state index contributed by atoms with van der Waals surface area (Å²) in [5.74, 6) is -1.92. The molecular weight excluding hydrogens is 508 g/mol. The number of hydrogen-bond donors (Lipinski definition) is 1. The molecule has 39 heavy (non-hydrogen) atoms. The molecule has 2 aliphatic rings. The summed E-state index contributed by atoms with van der Waals surface area (Å²) in [6, 6.07) is 4.63. The van der Waals surface area contributed by atoms with Gasteiger partial charge in [0.25, 0.3) is 0 Å². The number of nitrogens with one attached hydrogen (secondary N) is 1. The van der Waals surface area contributed by atoms with Crippen molar-refractivity contribution in [2.24, 2.45) is 4.99 Å². The Bertz CT molecular complexity index is 1300. The maximum atomic E-state index is 15.2. The average molecular weight is 542 g/mol. The van der Waals surface area contributed by atoms with E-state index in [4.69, 9.17) is 14.7 Å². The van der Waals surface area contributed by atoms with Crippen molar-refractivity contribution in [3.8, 4) is 17.6 Å². The van der Waals surface area contributed by atoms with Crippen molar-refractivity contribution in [1.29, 1.82) is 5.26 Å². The fourth-order valence-corrected chi connectivity index (χ4v) is 5.15. The van der Waals surface area contributed by atoms with Gasteiger partial charge in [-0.1, -0.05) is 0 Å². The molecule has 0 spiro atoms. The van der Waals surface area contributed by atoms with Crippen LogP contribution in [0.25, 0.3) is 5.70 Å². The number of hydrogen-bond acceptors (Lipinski definition) is 7. The van der Waals surface area contributed by atoms with E-state index in [1.165, 1.54) is 19.1 Å². The molecule has 1 saturated heterocycles. The predicted octanol–water partition coefficient (Wildman–Crippen LogP) is 3.98. The number of amides is 2. The highest BCUT2D eigenvalue weighted by Crippen LogP contribution is 2.41. The van der Waals surface area contributed by atoms with Crippen LogP contribution in [-0.4, -0.2) is 93.0 Å². The van der Waals surface area contributed by atoms with E-state index in [-0.39, 0.29) is 18.0 Å². The largest absolute Gasteiger partial charge is 0.493 e. The molecule has 0 bridgehead atoms. The van der Waals surface area contributed by atoms with E-state index in [2.05, 4.69) is 32.6 Å². The molecule has 208 valence electrons. The van der Waals surface area contributed by atoms with Crippen molar-refractivity contribution < 1.29 is 23.0 Å². The molecule has 3 heterocycles. The predicted molar refractivity (Wildman–Crippen MR) is 145 cm³/mol. The first-order valence-electron chi connectivity index (χ1n) is 12.6. The minimum atomic E-state index is -0.987. The Morgan fingerprint density at radius 3 is 2.28 bits per heavy atom. The number of halogens is 2. The van der Waals surface area contributed by atoms with E-state index in [1.807, 2.05) is 6.07 Å². The highest BCUT2D eigenvalue weighted by Gasteiger charge is 2.36. The molecular formula is C27H33F2N7O3. The average Bonchev–Trinajstić information content (AvgIpc) is 3.33. The first-order valence-corrected chi connectivity index (χ1v) is 12.6. The van der Waals surface area contributed by atoms with Crippen LogP contribution in [0.2, 0.25) is 0 Å². The van der Waals surface area contributed by atoms with Gasteiger partial charge >= 0.3 is 6.03 Å². The number of nitrogens with zero attached hydrogens (tertiary/aromatic N) is 6. The molecule has 0 unspecified atom stereocenters. The summed E-state index contributed by atoms with van der Waals surface area (Å²) >= 11 is 0. The molecule has 12 heteroatoms. The van der Waals surface area contributed by atoms with Crippen molar-refractivity contribution in [1.82, 2.24) is 19.7 Å². The molecule has 1 N–H and O–H groups in total. The quantitative estimate of drug-likeness (QED) is 0.482. The summed E-state index contributed by atoms with van der Waals surface area (Å²) in [4.78, 5) is 27.9. The normalized spacial score (nSPS) is 17.0. The molecule has 0 saturated carbocycles. The Kier molecular flexibility index (Phi) is 8.52. The summed E-state index contributed by atoms with van der Waals surface area (Å²) in [6.45, 7) is 10.4. The van der Waals surface area contributed by atoms with Crippen molar-refractivity contribution in [2.45, 2.75) is 19.9 Å². The number of anilines is 1. The van der Waals surface area contributed by atoms with E-state index >= 15 is 8.78 Å². The van der Waals surface area contributed by atoms with E-state index in [0.717, 1.165) is 49.4 Å². The number of piperazine rings is 1.